The summed E-state index contributed by atoms with van der Waals surface area (Å²) in [5.74, 6) is 0. The van der Waals surface area contributed by atoms with Gasteiger partial charge in [-0.15, -0.1) is 0 Å². The van der Waals surface area contributed by atoms with Gasteiger partial charge in [-0.25, -0.2) is 0 Å². The van der Waals surface area contributed by atoms with Crippen LogP contribution in [0.15, 0.2) is 18.2 Å². The summed E-state index contributed by atoms with van der Waals surface area (Å²) in [6.45, 7) is 1.09. The molecule has 0 spiro atoms. The van der Waals surface area contributed by atoms with Gasteiger partial charge in [0.1, 0.15) is 0 Å². The molecule has 0 atom stereocenters. The van der Waals surface area contributed by atoms with E-state index in [4.69, 9.17) is 23.2 Å². The van der Waals surface area contributed by atoms with E-state index in [2.05, 4.69) is 17.4 Å². The fraction of sp³-hybridized carbons (Fsp3) is 0.600. The molecule has 1 aromatic rings. The third-order valence-corrected chi connectivity index (χ3v) is 5.14. The Labute approximate surface area is 119 Å². The summed E-state index contributed by atoms with van der Waals surface area (Å²) >= 11 is 12.2. The van der Waals surface area contributed by atoms with Gasteiger partial charge in [-0.1, -0.05) is 42.1 Å². The van der Waals surface area contributed by atoms with Gasteiger partial charge in [0.15, 0.2) is 0 Å². The molecule has 0 unspecified atom stereocenters. The Morgan fingerprint density at radius 3 is 2.44 bits per heavy atom. The molecule has 0 bridgehead atoms. The average molecular weight is 284 g/mol. The van der Waals surface area contributed by atoms with Crippen LogP contribution in [0.5, 0.6) is 0 Å². The molecule has 2 saturated carbocycles. The second-order valence-corrected chi connectivity index (χ2v) is 6.59. The Kier molecular flexibility index (Phi) is 3.57. The Bertz CT molecular complexity index is 434. The fourth-order valence-electron chi connectivity index (χ4n) is 3.07. The molecular weight excluding hydrogens is 265 g/mol. The van der Waals surface area contributed by atoms with E-state index in [9.17, 15) is 0 Å². The molecule has 0 amide bonds. The van der Waals surface area contributed by atoms with Crippen LogP contribution in [-0.2, 0) is 5.41 Å². The summed E-state index contributed by atoms with van der Waals surface area (Å²) in [5.41, 5.74) is 1.65. The molecule has 2 fully saturated rings. The van der Waals surface area contributed by atoms with E-state index in [1.807, 2.05) is 6.07 Å². The van der Waals surface area contributed by atoms with Gasteiger partial charge in [-0.3, -0.25) is 0 Å². The highest BCUT2D eigenvalue weighted by molar-refractivity contribution is 6.42. The van der Waals surface area contributed by atoms with Gasteiger partial charge in [-0.2, -0.15) is 0 Å². The van der Waals surface area contributed by atoms with Crippen molar-refractivity contribution >= 4 is 23.2 Å². The third kappa shape index (κ3) is 2.54. The van der Waals surface area contributed by atoms with Crippen LogP contribution in [0.3, 0.4) is 0 Å². The first kappa shape index (κ1) is 12.8. The van der Waals surface area contributed by atoms with Crippen molar-refractivity contribution in [3.8, 4) is 0 Å². The van der Waals surface area contributed by atoms with Gasteiger partial charge >= 0.3 is 0 Å². The molecule has 3 heteroatoms. The zero-order chi connectivity index (χ0) is 12.6. The van der Waals surface area contributed by atoms with E-state index in [0.717, 1.165) is 12.6 Å². The van der Waals surface area contributed by atoms with Crippen LogP contribution < -0.4 is 5.32 Å². The quantitative estimate of drug-likeness (QED) is 0.854. The molecule has 0 aliphatic heterocycles. The minimum Gasteiger partial charge on any atom is -0.313 e. The maximum absolute atomic E-state index is 6.18. The number of hydrogen-bond acceptors (Lipinski definition) is 1. The highest BCUT2D eigenvalue weighted by Crippen LogP contribution is 2.42. The molecule has 1 nitrogen and oxygen atoms in total. The van der Waals surface area contributed by atoms with E-state index in [1.54, 1.807) is 0 Å². The summed E-state index contributed by atoms with van der Waals surface area (Å²) in [4.78, 5) is 0. The van der Waals surface area contributed by atoms with Crippen molar-refractivity contribution in [3.63, 3.8) is 0 Å². The van der Waals surface area contributed by atoms with Gasteiger partial charge < -0.3 is 5.32 Å². The second-order valence-electron chi connectivity index (χ2n) is 5.77. The standard InChI is InChI=1S/C15H19Cl2N/c16-13-6-3-11(9-14(13)17)15(7-1-2-8-15)10-18-12-4-5-12/h3,6,9,12,18H,1-2,4-5,7-8,10H2. The highest BCUT2D eigenvalue weighted by atomic mass is 35.5. The lowest BCUT2D eigenvalue weighted by Crippen LogP contribution is -2.37. The molecule has 2 aliphatic carbocycles. The van der Waals surface area contributed by atoms with Gasteiger partial charge in [0.25, 0.3) is 0 Å². The molecule has 98 valence electrons. The highest BCUT2D eigenvalue weighted by Gasteiger charge is 2.37. The Morgan fingerprint density at radius 1 is 1.11 bits per heavy atom. The molecule has 0 radical (unpaired) electrons. The predicted octanol–water partition coefficient (Wildman–Crippen LogP) is 4.56. The number of halogens is 2. The van der Waals surface area contributed by atoms with Crippen molar-refractivity contribution in [1.82, 2.24) is 5.32 Å². The van der Waals surface area contributed by atoms with Crippen molar-refractivity contribution in [2.75, 3.05) is 6.54 Å². The first-order chi connectivity index (χ1) is 8.70. The van der Waals surface area contributed by atoms with E-state index in [1.165, 1.54) is 44.1 Å². The smallest absolute Gasteiger partial charge is 0.0595 e. The van der Waals surface area contributed by atoms with E-state index < -0.39 is 0 Å². The van der Waals surface area contributed by atoms with Crippen molar-refractivity contribution in [2.24, 2.45) is 0 Å². The van der Waals surface area contributed by atoms with Crippen LogP contribution in [0, 0.1) is 0 Å². The number of hydrogen-bond donors (Lipinski definition) is 1. The Hall–Kier alpha value is -0.240. The summed E-state index contributed by atoms with van der Waals surface area (Å²) in [6.07, 6.45) is 7.88. The maximum atomic E-state index is 6.18. The van der Waals surface area contributed by atoms with Crippen LogP contribution in [-0.4, -0.2) is 12.6 Å². The lowest BCUT2D eigenvalue weighted by molar-refractivity contribution is 0.403. The Balaban J connectivity index is 1.84. The molecule has 3 rings (SSSR count). The minimum absolute atomic E-state index is 0.289. The van der Waals surface area contributed by atoms with Crippen molar-refractivity contribution in [2.45, 2.75) is 50.0 Å². The van der Waals surface area contributed by atoms with Crippen molar-refractivity contribution in [1.29, 1.82) is 0 Å². The monoisotopic (exact) mass is 283 g/mol. The van der Waals surface area contributed by atoms with Crippen molar-refractivity contribution in [3.05, 3.63) is 33.8 Å². The Morgan fingerprint density at radius 2 is 1.83 bits per heavy atom. The number of rotatable bonds is 4. The van der Waals surface area contributed by atoms with Crippen LogP contribution in [0.25, 0.3) is 0 Å². The molecular formula is C15H19Cl2N. The van der Waals surface area contributed by atoms with Crippen LogP contribution in [0.1, 0.15) is 44.1 Å². The van der Waals surface area contributed by atoms with Crippen LogP contribution >= 0.6 is 23.2 Å². The molecule has 18 heavy (non-hydrogen) atoms. The first-order valence-electron chi connectivity index (χ1n) is 6.89. The molecule has 2 aliphatic rings. The summed E-state index contributed by atoms with van der Waals surface area (Å²) < 4.78 is 0. The predicted molar refractivity (Wildman–Crippen MR) is 77.6 cm³/mol. The number of nitrogens with one attached hydrogen (secondary N) is 1. The van der Waals surface area contributed by atoms with Gasteiger partial charge in [0.05, 0.1) is 10.0 Å². The van der Waals surface area contributed by atoms with Crippen LogP contribution in [0.2, 0.25) is 10.0 Å². The van der Waals surface area contributed by atoms with E-state index in [0.29, 0.717) is 10.0 Å². The lowest BCUT2D eigenvalue weighted by atomic mass is 9.79. The van der Waals surface area contributed by atoms with Crippen molar-refractivity contribution < 1.29 is 0 Å². The second kappa shape index (κ2) is 5.03. The van der Waals surface area contributed by atoms with E-state index >= 15 is 0 Å². The molecule has 0 heterocycles. The normalized spacial score (nSPS) is 22.3. The van der Waals surface area contributed by atoms with Gasteiger partial charge in [-0.05, 0) is 43.4 Å². The maximum Gasteiger partial charge on any atom is 0.0595 e. The number of benzene rings is 1. The topological polar surface area (TPSA) is 12.0 Å². The fourth-order valence-corrected chi connectivity index (χ4v) is 3.37. The molecule has 0 aromatic heterocycles. The molecule has 1 N–H and O–H groups in total. The lowest BCUT2D eigenvalue weighted by Gasteiger charge is -2.30. The van der Waals surface area contributed by atoms with Crippen LogP contribution in [0.4, 0.5) is 0 Å². The van der Waals surface area contributed by atoms with E-state index in [-0.39, 0.29) is 5.41 Å². The minimum atomic E-state index is 0.289. The molecule has 1 aromatic carbocycles. The summed E-state index contributed by atoms with van der Waals surface area (Å²) in [7, 11) is 0. The van der Waals surface area contributed by atoms with Gasteiger partial charge in [0, 0.05) is 18.0 Å². The third-order valence-electron chi connectivity index (χ3n) is 4.40. The summed E-state index contributed by atoms with van der Waals surface area (Å²) in [5, 5.41) is 5.04. The SMILES string of the molecule is Clc1ccc(C2(CNC3CC3)CCCC2)cc1Cl. The molecule has 0 saturated heterocycles. The summed E-state index contributed by atoms with van der Waals surface area (Å²) in [6, 6.07) is 6.94. The largest absolute Gasteiger partial charge is 0.313 e. The zero-order valence-corrected chi connectivity index (χ0v) is 12.0. The average Bonchev–Trinajstić information content (AvgIpc) is 3.08. The zero-order valence-electron chi connectivity index (χ0n) is 10.5. The van der Waals surface area contributed by atoms with Gasteiger partial charge in [0.2, 0.25) is 0 Å². The first-order valence-corrected chi connectivity index (χ1v) is 7.64.